The first-order valence-corrected chi connectivity index (χ1v) is 6.70. The van der Waals surface area contributed by atoms with Crippen LogP contribution in [0.1, 0.15) is 10.4 Å². The molecule has 0 aliphatic rings. The molecule has 0 atom stereocenters. The molecule has 0 aliphatic heterocycles. The molecule has 0 unspecified atom stereocenters. The van der Waals surface area contributed by atoms with E-state index in [1.807, 2.05) is 12.1 Å². The molecule has 0 bridgehead atoms. The van der Waals surface area contributed by atoms with Crippen LogP contribution < -0.4 is 10.5 Å². The van der Waals surface area contributed by atoms with Crippen LogP contribution in [0.25, 0.3) is 0 Å². The van der Waals surface area contributed by atoms with Crippen molar-refractivity contribution in [1.82, 2.24) is 0 Å². The van der Waals surface area contributed by atoms with Gasteiger partial charge in [0.05, 0.1) is 6.61 Å². The molecule has 1 aromatic carbocycles. The standard InChI is InChI=1S/C14H17NOS/c15-8-6-12-3-1-4-13(11-12)16-9-7-14-5-2-10-17-14/h1-5,10-11H,6-9,15H2. The minimum Gasteiger partial charge on any atom is -0.493 e. The average Bonchev–Trinajstić information content (AvgIpc) is 2.83. The third-order valence-electron chi connectivity index (χ3n) is 2.53. The van der Waals surface area contributed by atoms with Gasteiger partial charge in [-0.1, -0.05) is 18.2 Å². The van der Waals surface area contributed by atoms with E-state index in [0.29, 0.717) is 6.54 Å². The van der Waals surface area contributed by atoms with E-state index in [4.69, 9.17) is 10.5 Å². The summed E-state index contributed by atoms with van der Waals surface area (Å²) in [6.45, 7) is 1.41. The fourth-order valence-corrected chi connectivity index (χ4v) is 2.37. The maximum Gasteiger partial charge on any atom is 0.119 e. The van der Waals surface area contributed by atoms with Crippen LogP contribution >= 0.6 is 11.3 Å². The van der Waals surface area contributed by atoms with Crippen molar-refractivity contribution in [1.29, 1.82) is 0 Å². The Morgan fingerprint density at radius 1 is 1.12 bits per heavy atom. The fraction of sp³-hybridized carbons (Fsp3) is 0.286. The molecule has 0 spiro atoms. The number of thiophene rings is 1. The summed E-state index contributed by atoms with van der Waals surface area (Å²) in [5.74, 6) is 0.938. The monoisotopic (exact) mass is 247 g/mol. The van der Waals surface area contributed by atoms with Crippen LogP contribution in [0.15, 0.2) is 41.8 Å². The van der Waals surface area contributed by atoms with Gasteiger partial charge in [-0.3, -0.25) is 0 Å². The Morgan fingerprint density at radius 3 is 2.82 bits per heavy atom. The predicted octanol–water partition coefficient (Wildman–Crippen LogP) is 2.87. The second kappa shape index (κ2) is 6.42. The lowest BCUT2D eigenvalue weighted by molar-refractivity contribution is 0.322. The molecule has 0 saturated heterocycles. The second-order valence-corrected chi connectivity index (χ2v) is 4.90. The van der Waals surface area contributed by atoms with Gasteiger partial charge in [-0.15, -0.1) is 11.3 Å². The van der Waals surface area contributed by atoms with E-state index >= 15 is 0 Å². The zero-order valence-electron chi connectivity index (χ0n) is 9.76. The van der Waals surface area contributed by atoms with E-state index < -0.39 is 0 Å². The summed E-state index contributed by atoms with van der Waals surface area (Å²) in [6.07, 6.45) is 1.88. The van der Waals surface area contributed by atoms with E-state index in [9.17, 15) is 0 Å². The highest BCUT2D eigenvalue weighted by atomic mass is 32.1. The van der Waals surface area contributed by atoms with Crippen LogP contribution in [-0.2, 0) is 12.8 Å². The molecule has 1 heterocycles. The van der Waals surface area contributed by atoms with Gasteiger partial charge in [-0.2, -0.15) is 0 Å². The number of rotatable bonds is 6. The molecular formula is C14H17NOS. The zero-order valence-corrected chi connectivity index (χ0v) is 10.6. The molecule has 0 amide bonds. The summed E-state index contributed by atoms with van der Waals surface area (Å²) in [6, 6.07) is 12.4. The van der Waals surface area contributed by atoms with Gasteiger partial charge in [0, 0.05) is 11.3 Å². The van der Waals surface area contributed by atoms with Crippen LogP contribution in [0.3, 0.4) is 0 Å². The van der Waals surface area contributed by atoms with Gasteiger partial charge in [0.25, 0.3) is 0 Å². The highest BCUT2D eigenvalue weighted by molar-refractivity contribution is 7.09. The summed E-state index contributed by atoms with van der Waals surface area (Å²) in [7, 11) is 0. The first-order valence-electron chi connectivity index (χ1n) is 5.82. The first kappa shape index (κ1) is 12.1. The molecule has 0 saturated carbocycles. The van der Waals surface area contributed by atoms with Crippen molar-refractivity contribution >= 4 is 11.3 Å². The highest BCUT2D eigenvalue weighted by Gasteiger charge is 1.98. The van der Waals surface area contributed by atoms with Crippen LogP contribution in [0.4, 0.5) is 0 Å². The third kappa shape index (κ3) is 3.88. The molecule has 0 aliphatic carbocycles. The summed E-state index contributed by atoms with van der Waals surface area (Å²) in [4.78, 5) is 1.36. The number of nitrogens with two attached hydrogens (primary N) is 1. The van der Waals surface area contributed by atoms with Crippen LogP contribution in [0.2, 0.25) is 0 Å². The lowest BCUT2D eigenvalue weighted by Gasteiger charge is -2.07. The SMILES string of the molecule is NCCc1cccc(OCCc2cccs2)c1. The fourth-order valence-electron chi connectivity index (χ4n) is 1.68. The molecule has 2 nitrogen and oxygen atoms in total. The Morgan fingerprint density at radius 2 is 2.06 bits per heavy atom. The Bertz CT molecular complexity index is 439. The van der Waals surface area contributed by atoms with Gasteiger partial charge < -0.3 is 10.5 Å². The van der Waals surface area contributed by atoms with E-state index in [2.05, 4.69) is 29.6 Å². The molecule has 0 fully saturated rings. The molecule has 0 radical (unpaired) electrons. The highest BCUT2D eigenvalue weighted by Crippen LogP contribution is 2.15. The van der Waals surface area contributed by atoms with Crippen molar-refractivity contribution in [2.45, 2.75) is 12.8 Å². The minimum atomic E-state index is 0.679. The van der Waals surface area contributed by atoms with Gasteiger partial charge in [0.15, 0.2) is 0 Å². The smallest absolute Gasteiger partial charge is 0.119 e. The Kier molecular flexibility index (Phi) is 4.59. The van der Waals surface area contributed by atoms with Gasteiger partial charge in [0.1, 0.15) is 5.75 Å². The van der Waals surface area contributed by atoms with Crippen molar-refractivity contribution in [3.8, 4) is 5.75 Å². The quantitative estimate of drug-likeness (QED) is 0.852. The van der Waals surface area contributed by atoms with Crippen LogP contribution in [-0.4, -0.2) is 13.2 Å². The largest absolute Gasteiger partial charge is 0.493 e. The number of benzene rings is 1. The van der Waals surface area contributed by atoms with Crippen molar-refractivity contribution < 1.29 is 4.74 Å². The molecule has 1 aromatic heterocycles. The lowest BCUT2D eigenvalue weighted by Crippen LogP contribution is -2.04. The van der Waals surface area contributed by atoms with Gasteiger partial charge in [-0.25, -0.2) is 0 Å². The Balaban J connectivity index is 1.84. The van der Waals surface area contributed by atoms with Crippen molar-refractivity contribution in [3.05, 3.63) is 52.2 Å². The zero-order chi connectivity index (χ0) is 11.9. The molecule has 17 heavy (non-hydrogen) atoms. The second-order valence-electron chi connectivity index (χ2n) is 3.86. The Labute approximate surface area is 106 Å². The van der Waals surface area contributed by atoms with Crippen LogP contribution in [0, 0.1) is 0 Å². The summed E-state index contributed by atoms with van der Waals surface area (Å²) >= 11 is 1.77. The minimum absolute atomic E-state index is 0.679. The van der Waals surface area contributed by atoms with E-state index in [0.717, 1.165) is 25.2 Å². The number of hydrogen-bond acceptors (Lipinski definition) is 3. The third-order valence-corrected chi connectivity index (χ3v) is 3.46. The van der Waals surface area contributed by atoms with Crippen molar-refractivity contribution in [3.63, 3.8) is 0 Å². The van der Waals surface area contributed by atoms with Crippen molar-refractivity contribution in [2.24, 2.45) is 5.73 Å². The average molecular weight is 247 g/mol. The lowest BCUT2D eigenvalue weighted by atomic mass is 10.1. The topological polar surface area (TPSA) is 35.2 Å². The van der Waals surface area contributed by atoms with E-state index in [-0.39, 0.29) is 0 Å². The van der Waals surface area contributed by atoms with Crippen LogP contribution in [0.5, 0.6) is 5.75 Å². The number of hydrogen-bond donors (Lipinski definition) is 1. The molecule has 90 valence electrons. The number of ether oxygens (including phenoxy) is 1. The summed E-state index contributed by atoms with van der Waals surface area (Å²) in [5.41, 5.74) is 6.77. The molecule has 3 heteroatoms. The maximum atomic E-state index is 5.73. The normalized spacial score (nSPS) is 10.4. The van der Waals surface area contributed by atoms with Gasteiger partial charge in [-0.05, 0) is 42.1 Å². The predicted molar refractivity (Wildman–Crippen MR) is 72.7 cm³/mol. The van der Waals surface area contributed by atoms with E-state index in [1.165, 1.54) is 10.4 Å². The van der Waals surface area contributed by atoms with E-state index in [1.54, 1.807) is 11.3 Å². The van der Waals surface area contributed by atoms with Gasteiger partial charge in [0.2, 0.25) is 0 Å². The summed E-state index contributed by atoms with van der Waals surface area (Å²) in [5, 5.41) is 2.09. The van der Waals surface area contributed by atoms with Gasteiger partial charge >= 0.3 is 0 Å². The first-order chi connectivity index (χ1) is 8.38. The Hall–Kier alpha value is -1.32. The van der Waals surface area contributed by atoms with Crippen molar-refractivity contribution in [2.75, 3.05) is 13.2 Å². The molecule has 2 aromatic rings. The molecule has 2 rings (SSSR count). The molecule has 2 N–H and O–H groups in total. The summed E-state index contributed by atoms with van der Waals surface area (Å²) < 4.78 is 5.73. The molecular weight excluding hydrogens is 230 g/mol. The maximum absolute atomic E-state index is 5.73.